The van der Waals surface area contributed by atoms with Gasteiger partial charge >= 0.3 is 0 Å². The summed E-state index contributed by atoms with van der Waals surface area (Å²) < 4.78 is 0. The van der Waals surface area contributed by atoms with Crippen LogP contribution in [0.4, 0.5) is 0 Å². The number of aryl methyl sites for hydroxylation is 1. The van der Waals surface area contributed by atoms with Gasteiger partial charge in [0.05, 0.1) is 11.8 Å². The van der Waals surface area contributed by atoms with E-state index in [0.717, 1.165) is 42.5 Å². The summed E-state index contributed by atoms with van der Waals surface area (Å²) in [6, 6.07) is 10.4. The standard InChI is InChI=1S/C19H20N4O/c24-19(22-16-7-6-14-11-21-23-18(14)9-16)17-12-20-10-15(17)8-13-4-2-1-3-5-13/h1-5,10-12,16,20H,6-9H2,(H,21,23)(H,22,24). The van der Waals surface area contributed by atoms with Crippen molar-refractivity contribution < 1.29 is 4.79 Å². The van der Waals surface area contributed by atoms with Crippen molar-refractivity contribution in [1.82, 2.24) is 20.5 Å². The van der Waals surface area contributed by atoms with Crippen LogP contribution in [0.15, 0.2) is 48.9 Å². The molecule has 1 aromatic carbocycles. The minimum Gasteiger partial charge on any atom is -0.367 e. The Labute approximate surface area is 140 Å². The average Bonchev–Trinajstić information content (AvgIpc) is 3.24. The molecule has 5 heteroatoms. The molecule has 0 bridgehead atoms. The Kier molecular flexibility index (Phi) is 3.91. The maximum Gasteiger partial charge on any atom is 0.253 e. The van der Waals surface area contributed by atoms with Crippen molar-refractivity contribution in [1.29, 1.82) is 0 Å². The molecule has 0 spiro atoms. The van der Waals surface area contributed by atoms with Gasteiger partial charge in [-0.15, -0.1) is 0 Å². The molecule has 122 valence electrons. The predicted molar refractivity (Wildman–Crippen MR) is 91.9 cm³/mol. The topological polar surface area (TPSA) is 73.6 Å². The fourth-order valence-corrected chi connectivity index (χ4v) is 3.36. The second-order valence-corrected chi connectivity index (χ2v) is 6.34. The molecule has 0 aliphatic heterocycles. The quantitative estimate of drug-likeness (QED) is 0.691. The summed E-state index contributed by atoms with van der Waals surface area (Å²) in [7, 11) is 0. The number of amides is 1. The highest BCUT2D eigenvalue weighted by molar-refractivity contribution is 5.95. The second kappa shape index (κ2) is 6.35. The second-order valence-electron chi connectivity index (χ2n) is 6.34. The zero-order valence-electron chi connectivity index (χ0n) is 13.4. The van der Waals surface area contributed by atoms with Gasteiger partial charge in [0.2, 0.25) is 0 Å². The molecule has 4 rings (SSSR count). The Balaban J connectivity index is 1.45. The first-order chi connectivity index (χ1) is 11.8. The summed E-state index contributed by atoms with van der Waals surface area (Å²) in [4.78, 5) is 15.7. The van der Waals surface area contributed by atoms with E-state index in [4.69, 9.17) is 0 Å². The third kappa shape index (κ3) is 2.97. The largest absolute Gasteiger partial charge is 0.367 e. The van der Waals surface area contributed by atoms with Crippen molar-refractivity contribution in [3.8, 4) is 0 Å². The van der Waals surface area contributed by atoms with Gasteiger partial charge in [0, 0.05) is 30.6 Å². The van der Waals surface area contributed by atoms with Gasteiger partial charge in [-0.3, -0.25) is 9.89 Å². The molecule has 1 atom stereocenters. The zero-order chi connectivity index (χ0) is 16.4. The number of carbonyl (C=O) groups excluding carboxylic acids is 1. The summed E-state index contributed by atoms with van der Waals surface area (Å²) in [6.07, 6.45) is 9.07. The Morgan fingerprint density at radius 2 is 2.12 bits per heavy atom. The summed E-state index contributed by atoms with van der Waals surface area (Å²) in [5.74, 6) is -0.00449. The van der Waals surface area contributed by atoms with Gasteiger partial charge in [-0.05, 0) is 36.0 Å². The molecule has 0 saturated heterocycles. The molecular weight excluding hydrogens is 300 g/mol. The number of nitrogens with one attached hydrogen (secondary N) is 3. The lowest BCUT2D eigenvalue weighted by atomic mass is 9.93. The molecule has 1 aliphatic carbocycles. The van der Waals surface area contributed by atoms with Gasteiger partial charge in [0.25, 0.3) is 5.91 Å². The van der Waals surface area contributed by atoms with E-state index in [2.05, 4.69) is 32.6 Å². The Morgan fingerprint density at radius 3 is 3.00 bits per heavy atom. The zero-order valence-corrected chi connectivity index (χ0v) is 13.4. The Morgan fingerprint density at radius 1 is 1.25 bits per heavy atom. The first kappa shape index (κ1) is 14.8. The van der Waals surface area contributed by atoms with E-state index < -0.39 is 0 Å². The SMILES string of the molecule is O=C(NC1CCc2cn[nH]c2C1)c1c[nH]cc1Cc1ccccc1. The Hall–Kier alpha value is -2.82. The fourth-order valence-electron chi connectivity index (χ4n) is 3.36. The summed E-state index contributed by atoms with van der Waals surface area (Å²) in [5, 5.41) is 10.3. The predicted octanol–water partition coefficient (Wildman–Crippen LogP) is 2.62. The van der Waals surface area contributed by atoms with Crippen molar-refractivity contribution in [2.45, 2.75) is 31.7 Å². The number of H-pyrrole nitrogens is 2. The lowest BCUT2D eigenvalue weighted by Crippen LogP contribution is -2.39. The van der Waals surface area contributed by atoms with E-state index in [1.807, 2.05) is 30.6 Å². The molecule has 2 aromatic heterocycles. The van der Waals surface area contributed by atoms with E-state index in [1.165, 1.54) is 11.1 Å². The molecule has 3 N–H and O–H groups in total. The molecule has 3 aromatic rings. The molecule has 5 nitrogen and oxygen atoms in total. The van der Waals surface area contributed by atoms with Crippen LogP contribution in [0, 0.1) is 0 Å². The van der Waals surface area contributed by atoms with Crippen LogP contribution in [0.2, 0.25) is 0 Å². The van der Waals surface area contributed by atoms with Crippen molar-refractivity contribution in [3.63, 3.8) is 0 Å². The molecule has 1 unspecified atom stereocenters. The minimum absolute atomic E-state index is 0.00449. The smallest absolute Gasteiger partial charge is 0.253 e. The summed E-state index contributed by atoms with van der Waals surface area (Å²) in [6.45, 7) is 0. The lowest BCUT2D eigenvalue weighted by Gasteiger charge is -2.22. The van der Waals surface area contributed by atoms with Crippen LogP contribution in [-0.2, 0) is 19.3 Å². The van der Waals surface area contributed by atoms with Crippen LogP contribution >= 0.6 is 0 Å². The molecule has 2 heterocycles. The van der Waals surface area contributed by atoms with Gasteiger partial charge < -0.3 is 10.3 Å². The van der Waals surface area contributed by atoms with Gasteiger partial charge in [0.15, 0.2) is 0 Å². The highest BCUT2D eigenvalue weighted by Crippen LogP contribution is 2.20. The number of aromatic amines is 2. The number of hydrogen-bond donors (Lipinski definition) is 3. The highest BCUT2D eigenvalue weighted by atomic mass is 16.1. The van der Waals surface area contributed by atoms with Crippen LogP contribution in [0.25, 0.3) is 0 Å². The molecule has 24 heavy (non-hydrogen) atoms. The van der Waals surface area contributed by atoms with Crippen molar-refractivity contribution in [2.75, 3.05) is 0 Å². The maximum atomic E-state index is 12.7. The van der Waals surface area contributed by atoms with E-state index in [9.17, 15) is 4.79 Å². The normalized spacial score (nSPS) is 16.6. The number of carbonyl (C=O) groups is 1. The van der Waals surface area contributed by atoms with E-state index in [-0.39, 0.29) is 11.9 Å². The first-order valence-electron chi connectivity index (χ1n) is 8.31. The lowest BCUT2D eigenvalue weighted by molar-refractivity contribution is 0.0933. The van der Waals surface area contributed by atoms with Crippen molar-refractivity contribution in [3.05, 3.63) is 76.9 Å². The van der Waals surface area contributed by atoms with Crippen LogP contribution in [0.3, 0.4) is 0 Å². The summed E-state index contributed by atoms with van der Waals surface area (Å²) >= 11 is 0. The van der Waals surface area contributed by atoms with Gasteiger partial charge in [-0.25, -0.2) is 0 Å². The summed E-state index contributed by atoms with van der Waals surface area (Å²) in [5.41, 5.74) is 5.37. The first-order valence-corrected chi connectivity index (χ1v) is 8.31. The van der Waals surface area contributed by atoms with Gasteiger partial charge in [-0.1, -0.05) is 30.3 Å². The maximum absolute atomic E-state index is 12.7. The van der Waals surface area contributed by atoms with Crippen molar-refractivity contribution in [2.24, 2.45) is 0 Å². The third-order valence-electron chi connectivity index (χ3n) is 4.67. The minimum atomic E-state index is -0.00449. The molecule has 0 fully saturated rings. The number of rotatable bonds is 4. The number of aromatic nitrogens is 3. The molecule has 0 saturated carbocycles. The number of nitrogens with zero attached hydrogens (tertiary/aromatic N) is 1. The number of fused-ring (bicyclic) bond motifs is 1. The molecule has 1 amide bonds. The van der Waals surface area contributed by atoms with Crippen LogP contribution in [0.5, 0.6) is 0 Å². The average molecular weight is 320 g/mol. The van der Waals surface area contributed by atoms with Crippen LogP contribution < -0.4 is 5.32 Å². The van der Waals surface area contributed by atoms with Crippen molar-refractivity contribution >= 4 is 5.91 Å². The van der Waals surface area contributed by atoms with E-state index in [1.54, 1.807) is 6.20 Å². The molecule has 1 aliphatic rings. The van der Waals surface area contributed by atoms with E-state index in [0.29, 0.717) is 0 Å². The van der Waals surface area contributed by atoms with Gasteiger partial charge in [-0.2, -0.15) is 5.10 Å². The molecular formula is C19H20N4O. The highest BCUT2D eigenvalue weighted by Gasteiger charge is 2.23. The fraction of sp³-hybridized carbons (Fsp3) is 0.263. The monoisotopic (exact) mass is 320 g/mol. The van der Waals surface area contributed by atoms with E-state index >= 15 is 0 Å². The third-order valence-corrected chi connectivity index (χ3v) is 4.67. The van der Waals surface area contributed by atoms with Crippen LogP contribution in [-0.4, -0.2) is 27.1 Å². The number of benzene rings is 1. The Bertz CT molecular complexity index is 834. The van der Waals surface area contributed by atoms with Gasteiger partial charge in [0.1, 0.15) is 0 Å². The van der Waals surface area contributed by atoms with Crippen LogP contribution in [0.1, 0.15) is 39.2 Å². The molecule has 0 radical (unpaired) electrons. The number of hydrogen-bond acceptors (Lipinski definition) is 2.